The molecule has 1 N–H and O–H groups in total. The van der Waals surface area contributed by atoms with Crippen LogP contribution in [-0.2, 0) is 21.2 Å². The summed E-state index contributed by atoms with van der Waals surface area (Å²) in [6.07, 6.45) is 0.0187. The van der Waals surface area contributed by atoms with E-state index in [1.54, 1.807) is 0 Å². The van der Waals surface area contributed by atoms with Crippen LogP contribution in [0.5, 0.6) is 5.75 Å². The highest BCUT2D eigenvalue weighted by Crippen LogP contribution is 2.16. The Kier molecular flexibility index (Phi) is 7.09. The van der Waals surface area contributed by atoms with Crippen LogP contribution >= 0.6 is 0 Å². The van der Waals surface area contributed by atoms with Crippen molar-refractivity contribution in [3.8, 4) is 5.75 Å². The van der Waals surface area contributed by atoms with Crippen LogP contribution in [0.2, 0.25) is 0 Å². The molecule has 138 valence electrons. The molecule has 2 rings (SSSR count). The van der Waals surface area contributed by atoms with Gasteiger partial charge >= 0.3 is 11.9 Å². The number of hydrogen-bond donors (Lipinski definition) is 1. The Hall–Kier alpha value is -2.52. The summed E-state index contributed by atoms with van der Waals surface area (Å²) in [5.41, 5.74) is 1.19. The third-order valence-electron chi connectivity index (χ3n) is 3.61. The number of hydrogen-bond acceptors (Lipinski definition) is 6. The number of ether oxygens (including phenoxy) is 2. The summed E-state index contributed by atoms with van der Waals surface area (Å²) in [6, 6.07) is 8.26. The number of esters is 2. The van der Waals surface area contributed by atoms with Crippen molar-refractivity contribution in [3.63, 3.8) is 0 Å². The van der Waals surface area contributed by atoms with Crippen LogP contribution in [0.15, 0.2) is 36.4 Å². The molecular weight excluding hydrogens is 381 g/mol. The minimum absolute atomic E-state index is 0.0187. The van der Waals surface area contributed by atoms with Crippen LogP contribution < -0.4 is 15.7 Å². The van der Waals surface area contributed by atoms with Crippen molar-refractivity contribution < 1.29 is 32.0 Å². The molecule has 28 heavy (non-hydrogen) atoms. The van der Waals surface area contributed by atoms with Crippen LogP contribution in [0.3, 0.4) is 0 Å². The average molecular weight is 394 g/mol. The highest BCUT2D eigenvalue weighted by molar-refractivity contribution is 7.85. The first-order chi connectivity index (χ1) is 13.1. The lowest BCUT2D eigenvalue weighted by Gasteiger charge is -2.13. The molecule has 6 radical (unpaired) electrons. The molecule has 0 aliphatic carbocycles. The Labute approximate surface area is 166 Å². The molecule has 0 atom stereocenters. The van der Waals surface area contributed by atoms with Crippen LogP contribution in [0, 0.1) is 0 Å². The third kappa shape index (κ3) is 6.00. The molecule has 11 heteroatoms. The van der Waals surface area contributed by atoms with Gasteiger partial charge in [-0.3, -0.25) is 4.55 Å². The zero-order chi connectivity index (χ0) is 20.9. The van der Waals surface area contributed by atoms with E-state index >= 15 is 0 Å². The van der Waals surface area contributed by atoms with Gasteiger partial charge in [-0.1, -0.05) is 29.4 Å². The van der Waals surface area contributed by atoms with E-state index in [0.717, 1.165) is 0 Å². The Morgan fingerprint density at radius 3 is 2.25 bits per heavy atom. The number of benzene rings is 2. The summed E-state index contributed by atoms with van der Waals surface area (Å²) in [5, 5.41) is 0. The summed E-state index contributed by atoms with van der Waals surface area (Å²) >= 11 is 0. The van der Waals surface area contributed by atoms with E-state index in [4.69, 9.17) is 37.6 Å². The molecule has 7 nitrogen and oxygen atoms in total. The van der Waals surface area contributed by atoms with E-state index in [-0.39, 0.29) is 34.1 Å². The Bertz CT molecular complexity index is 989. The molecule has 0 aromatic heterocycles. The van der Waals surface area contributed by atoms with Crippen LogP contribution in [0.1, 0.15) is 26.3 Å². The smallest absolute Gasteiger partial charge is 0.343 e. The van der Waals surface area contributed by atoms with Crippen molar-refractivity contribution in [2.75, 3.05) is 12.4 Å². The summed E-state index contributed by atoms with van der Waals surface area (Å²) < 4.78 is 39.8. The third-order valence-corrected chi connectivity index (χ3v) is 4.29. The monoisotopic (exact) mass is 394 g/mol. The van der Waals surface area contributed by atoms with E-state index in [2.05, 4.69) is 0 Å². The first-order valence-corrected chi connectivity index (χ1v) is 9.54. The van der Waals surface area contributed by atoms with Crippen molar-refractivity contribution in [1.82, 2.24) is 0 Å². The second-order valence-electron chi connectivity index (χ2n) is 5.68. The summed E-state index contributed by atoms with van der Waals surface area (Å²) in [6.45, 7) is -0.493. The quantitative estimate of drug-likeness (QED) is 0.284. The highest BCUT2D eigenvalue weighted by Gasteiger charge is 2.16. The largest absolute Gasteiger partial charge is 0.461 e. The molecule has 2 aromatic rings. The first kappa shape index (κ1) is 21.8. The van der Waals surface area contributed by atoms with Gasteiger partial charge in [-0.25, -0.2) is 9.59 Å². The van der Waals surface area contributed by atoms with Gasteiger partial charge in [-0.2, -0.15) is 8.42 Å². The molecule has 0 saturated carbocycles. The van der Waals surface area contributed by atoms with E-state index in [1.807, 2.05) is 0 Å². The Balaban J connectivity index is 2.06. The molecule has 0 saturated heterocycles. The van der Waals surface area contributed by atoms with Crippen molar-refractivity contribution in [1.29, 1.82) is 0 Å². The molecule has 0 fully saturated rings. The van der Waals surface area contributed by atoms with Gasteiger partial charge < -0.3 is 9.47 Å². The van der Waals surface area contributed by atoms with Crippen LogP contribution in [-0.4, -0.2) is 60.8 Å². The van der Waals surface area contributed by atoms with Gasteiger partial charge in [0, 0.05) is 0 Å². The fraction of sp³-hybridized carbons (Fsp3) is 0.176. The topological polar surface area (TPSA) is 107 Å². The molecule has 0 bridgehead atoms. The summed E-state index contributed by atoms with van der Waals surface area (Å²) in [7, 11) is 12.9. The van der Waals surface area contributed by atoms with Gasteiger partial charge in [-0.15, -0.1) is 0 Å². The lowest BCUT2D eigenvalue weighted by molar-refractivity contribution is 0.0528. The maximum atomic E-state index is 12.4. The zero-order valence-corrected chi connectivity index (χ0v) is 15.4. The Morgan fingerprint density at radius 2 is 1.68 bits per heavy atom. The van der Waals surface area contributed by atoms with Crippen molar-refractivity contribution in [2.45, 2.75) is 6.32 Å². The van der Waals surface area contributed by atoms with E-state index in [1.165, 1.54) is 36.4 Å². The van der Waals surface area contributed by atoms with Gasteiger partial charge in [0.25, 0.3) is 10.1 Å². The molecule has 0 heterocycles. The lowest BCUT2D eigenvalue weighted by atomic mass is 9.77. The second-order valence-corrected chi connectivity index (χ2v) is 7.25. The van der Waals surface area contributed by atoms with Gasteiger partial charge in [0.2, 0.25) is 0 Å². The lowest BCUT2D eigenvalue weighted by Crippen LogP contribution is -2.25. The molecule has 0 aliphatic heterocycles. The van der Waals surface area contributed by atoms with Gasteiger partial charge in [0.15, 0.2) is 0 Å². The zero-order valence-electron chi connectivity index (χ0n) is 14.6. The predicted octanol–water partition coefficient (Wildman–Crippen LogP) is -0.793. The second kappa shape index (κ2) is 9.12. The van der Waals surface area contributed by atoms with Crippen molar-refractivity contribution >= 4 is 56.5 Å². The fourth-order valence-electron chi connectivity index (χ4n) is 2.27. The van der Waals surface area contributed by atoms with Crippen LogP contribution in [0.25, 0.3) is 0 Å². The number of carbonyl (C=O) groups is 2. The van der Waals surface area contributed by atoms with Crippen LogP contribution in [0.4, 0.5) is 0 Å². The standard InChI is InChI=1S/C17H13B3O7S/c18-9-14-13(7-11(19)8-15(14)20)17(22)27-12-3-1-10(2-4-12)16(21)26-5-6-28(23,24)25/h1-4,7-8H,5-6,9H2,(H,23,24,25). The van der Waals surface area contributed by atoms with Gasteiger partial charge in [0.05, 0.1) is 19.0 Å². The molecule has 0 spiro atoms. The molecule has 0 unspecified atom stereocenters. The molecular formula is C17H13B3O7S. The summed E-state index contributed by atoms with van der Waals surface area (Å²) in [4.78, 5) is 24.2. The first-order valence-electron chi connectivity index (χ1n) is 7.93. The minimum atomic E-state index is -4.22. The maximum absolute atomic E-state index is 12.4. The van der Waals surface area contributed by atoms with Gasteiger partial charge in [0.1, 0.15) is 33.8 Å². The van der Waals surface area contributed by atoms with Crippen molar-refractivity contribution in [3.05, 3.63) is 53.1 Å². The predicted molar refractivity (Wildman–Crippen MR) is 105 cm³/mol. The number of rotatable bonds is 7. The Morgan fingerprint density at radius 1 is 1.04 bits per heavy atom. The van der Waals surface area contributed by atoms with E-state index in [0.29, 0.717) is 5.56 Å². The minimum Gasteiger partial charge on any atom is -0.461 e. The average Bonchev–Trinajstić information content (AvgIpc) is 2.60. The maximum Gasteiger partial charge on any atom is 0.343 e. The summed E-state index contributed by atoms with van der Waals surface area (Å²) in [5.74, 6) is -2.08. The molecule has 0 aliphatic rings. The van der Waals surface area contributed by atoms with Crippen molar-refractivity contribution in [2.24, 2.45) is 0 Å². The van der Waals surface area contributed by atoms with Gasteiger partial charge in [-0.05, 0) is 29.8 Å². The van der Waals surface area contributed by atoms with E-state index in [9.17, 15) is 18.0 Å². The van der Waals surface area contributed by atoms with E-state index < -0.39 is 34.4 Å². The number of carbonyl (C=O) groups excluding carboxylic acids is 2. The highest BCUT2D eigenvalue weighted by atomic mass is 32.2. The molecule has 0 amide bonds. The SMILES string of the molecule is [B]Cc1c([B])cc([B])cc1C(=O)Oc1ccc(C(=O)OCCS(=O)(=O)O)cc1. The fourth-order valence-corrected chi connectivity index (χ4v) is 2.57. The molecule has 2 aromatic carbocycles. The normalized spacial score (nSPS) is 11.0.